The maximum atomic E-state index is 12.0. The molecule has 0 spiro atoms. The Morgan fingerprint density at radius 3 is 0.915 bits per heavy atom. The lowest BCUT2D eigenvalue weighted by molar-refractivity contribution is -0.143. The molecule has 0 aromatic carbocycles. The zero-order valence-corrected chi connectivity index (χ0v) is 32.8. The first kappa shape index (κ1) is 46.2. The van der Waals surface area contributed by atoms with E-state index >= 15 is 0 Å². The van der Waals surface area contributed by atoms with E-state index in [1.165, 1.54) is 231 Å². The van der Waals surface area contributed by atoms with Crippen molar-refractivity contribution in [3.05, 3.63) is 12.2 Å². The smallest absolute Gasteiger partial charge is 0.305 e. The second-order valence-electron chi connectivity index (χ2n) is 15.0. The standard InChI is InChI=1S/C45H88O2/c1-3-5-7-9-11-13-15-17-19-21-23-24-25-27-29-31-33-35-37-39-41-43-45(46)47-44-42-40-38-36-34-32-30-28-26-22-20-18-16-14-12-10-8-6-4-2/h17,19H,3-16,18,20-44H2,1-2H3. The first-order chi connectivity index (χ1) is 23.3. The first-order valence-electron chi connectivity index (χ1n) is 22.1. The molecular formula is C45H88O2. The Kier molecular flexibility index (Phi) is 42.5. The van der Waals surface area contributed by atoms with Crippen LogP contribution in [0.2, 0.25) is 0 Å². The van der Waals surface area contributed by atoms with Crippen molar-refractivity contribution in [1.82, 2.24) is 0 Å². The molecule has 2 heteroatoms. The summed E-state index contributed by atoms with van der Waals surface area (Å²) in [6.45, 7) is 5.22. The minimum Gasteiger partial charge on any atom is -0.466 e. The molecule has 0 saturated carbocycles. The fourth-order valence-electron chi connectivity index (χ4n) is 6.84. The predicted octanol–water partition coefficient (Wildman–Crippen LogP) is 16.3. The highest BCUT2D eigenvalue weighted by atomic mass is 16.5. The van der Waals surface area contributed by atoms with Crippen molar-refractivity contribution in [3.63, 3.8) is 0 Å². The van der Waals surface area contributed by atoms with E-state index in [0.717, 1.165) is 12.8 Å². The fraction of sp³-hybridized carbons (Fsp3) is 0.933. The Labute approximate surface area is 297 Å². The Balaban J connectivity index is 3.17. The molecule has 0 fully saturated rings. The summed E-state index contributed by atoms with van der Waals surface area (Å²) in [6, 6.07) is 0. The van der Waals surface area contributed by atoms with E-state index in [1.807, 2.05) is 0 Å². The zero-order valence-electron chi connectivity index (χ0n) is 32.8. The molecule has 0 aromatic heterocycles. The lowest BCUT2D eigenvalue weighted by atomic mass is 10.0. The third kappa shape index (κ3) is 43.2. The number of hydrogen-bond acceptors (Lipinski definition) is 2. The summed E-state index contributed by atoms with van der Waals surface area (Å²) in [5.74, 6) is 0.0284. The third-order valence-electron chi connectivity index (χ3n) is 10.2. The summed E-state index contributed by atoms with van der Waals surface area (Å²) >= 11 is 0. The van der Waals surface area contributed by atoms with E-state index < -0.39 is 0 Å². The van der Waals surface area contributed by atoms with Crippen LogP contribution in [0.25, 0.3) is 0 Å². The molecule has 0 aromatic rings. The van der Waals surface area contributed by atoms with Crippen LogP contribution in [0.1, 0.15) is 264 Å². The Morgan fingerprint density at radius 2 is 0.596 bits per heavy atom. The monoisotopic (exact) mass is 661 g/mol. The van der Waals surface area contributed by atoms with Gasteiger partial charge in [0.05, 0.1) is 6.61 Å². The molecule has 0 aliphatic rings. The number of rotatable bonds is 41. The predicted molar refractivity (Wildman–Crippen MR) is 212 cm³/mol. The molecule has 0 N–H and O–H groups in total. The van der Waals surface area contributed by atoms with Crippen LogP contribution in [0.3, 0.4) is 0 Å². The van der Waals surface area contributed by atoms with Crippen LogP contribution in [0.4, 0.5) is 0 Å². The van der Waals surface area contributed by atoms with Gasteiger partial charge in [-0.15, -0.1) is 0 Å². The van der Waals surface area contributed by atoms with Gasteiger partial charge in [-0.1, -0.05) is 231 Å². The minimum absolute atomic E-state index is 0.0284. The van der Waals surface area contributed by atoms with Gasteiger partial charge in [-0.2, -0.15) is 0 Å². The minimum atomic E-state index is 0.0284. The lowest BCUT2D eigenvalue weighted by Crippen LogP contribution is -2.05. The van der Waals surface area contributed by atoms with Gasteiger partial charge < -0.3 is 4.74 Å². The molecule has 0 rings (SSSR count). The maximum Gasteiger partial charge on any atom is 0.305 e. The van der Waals surface area contributed by atoms with E-state index in [9.17, 15) is 4.79 Å². The molecule has 0 amide bonds. The van der Waals surface area contributed by atoms with Gasteiger partial charge in [-0.25, -0.2) is 0 Å². The van der Waals surface area contributed by atoms with Gasteiger partial charge in [0.2, 0.25) is 0 Å². The normalized spacial score (nSPS) is 11.6. The van der Waals surface area contributed by atoms with Crippen molar-refractivity contribution >= 4 is 5.97 Å². The average Bonchev–Trinajstić information content (AvgIpc) is 3.08. The second-order valence-corrected chi connectivity index (χ2v) is 15.0. The van der Waals surface area contributed by atoms with Crippen LogP contribution in [0.5, 0.6) is 0 Å². The number of unbranched alkanes of at least 4 members (excludes halogenated alkanes) is 35. The number of carbonyl (C=O) groups excluding carboxylic acids is 1. The molecule has 0 bridgehead atoms. The molecule has 0 saturated heterocycles. The zero-order chi connectivity index (χ0) is 34.0. The number of carbonyl (C=O) groups is 1. The van der Waals surface area contributed by atoms with E-state index in [-0.39, 0.29) is 5.97 Å². The molecule has 2 nitrogen and oxygen atoms in total. The van der Waals surface area contributed by atoms with Crippen molar-refractivity contribution in [1.29, 1.82) is 0 Å². The SMILES string of the molecule is CCCCCCCCC=CCCCCCCCCCCCCCC(=O)OCCCCCCCCCCCCCCCCCCCCC. The summed E-state index contributed by atoms with van der Waals surface area (Å²) in [5, 5.41) is 0. The van der Waals surface area contributed by atoms with Crippen LogP contribution in [-0.2, 0) is 9.53 Å². The Bertz CT molecular complexity index is 597. The summed E-state index contributed by atoms with van der Waals surface area (Å²) in [6.07, 6.45) is 57.4. The maximum absolute atomic E-state index is 12.0. The van der Waals surface area contributed by atoms with E-state index in [4.69, 9.17) is 4.74 Å². The molecule has 0 radical (unpaired) electrons. The van der Waals surface area contributed by atoms with Crippen molar-refractivity contribution in [2.45, 2.75) is 264 Å². The highest BCUT2D eigenvalue weighted by molar-refractivity contribution is 5.69. The number of hydrogen-bond donors (Lipinski definition) is 0. The summed E-state index contributed by atoms with van der Waals surface area (Å²) in [4.78, 5) is 12.0. The lowest BCUT2D eigenvalue weighted by Gasteiger charge is -2.06. The van der Waals surface area contributed by atoms with E-state index in [2.05, 4.69) is 26.0 Å². The van der Waals surface area contributed by atoms with E-state index in [1.54, 1.807) is 0 Å². The van der Waals surface area contributed by atoms with Crippen LogP contribution >= 0.6 is 0 Å². The molecular weight excluding hydrogens is 572 g/mol. The largest absolute Gasteiger partial charge is 0.466 e. The van der Waals surface area contributed by atoms with Gasteiger partial charge in [0.1, 0.15) is 0 Å². The van der Waals surface area contributed by atoms with E-state index in [0.29, 0.717) is 13.0 Å². The van der Waals surface area contributed by atoms with Crippen LogP contribution in [0, 0.1) is 0 Å². The molecule has 47 heavy (non-hydrogen) atoms. The van der Waals surface area contributed by atoms with Gasteiger partial charge in [-0.05, 0) is 38.5 Å². The highest BCUT2D eigenvalue weighted by Crippen LogP contribution is 2.16. The van der Waals surface area contributed by atoms with Gasteiger partial charge in [0.15, 0.2) is 0 Å². The van der Waals surface area contributed by atoms with Crippen molar-refractivity contribution in [2.75, 3.05) is 6.61 Å². The van der Waals surface area contributed by atoms with Crippen molar-refractivity contribution in [2.24, 2.45) is 0 Å². The summed E-state index contributed by atoms with van der Waals surface area (Å²) < 4.78 is 5.48. The van der Waals surface area contributed by atoms with Crippen LogP contribution in [0.15, 0.2) is 12.2 Å². The summed E-state index contributed by atoms with van der Waals surface area (Å²) in [7, 11) is 0. The quantitative estimate of drug-likeness (QED) is 0.0370. The summed E-state index contributed by atoms with van der Waals surface area (Å²) in [5.41, 5.74) is 0. The van der Waals surface area contributed by atoms with Gasteiger partial charge in [0, 0.05) is 6.42 Å². The molecule has 0 atom stereocenters. The molecule has 0 heterocycles. The first-order valence-corrected chi connectivity index (χ1v) is 22.1. The Hall–Kier alpha value is -0.790. The van der Waals surface area contributed by atoms with Crippen molar-refractivity contribution in [3.8, 4) is 0 Å². The van der Waals surface area contributed by atoms with Gasteiger partial charge in [-0.3, -0.25) is 4.79 Å². The Morgan fingerprint density at radius 1 is 0.340 bits per heavy atom. The van der Waals surface area contributed by atoms with Crippen LogP contribution in [-0.4, -0.2) is 12.6 Å². The average molecular weight is 661 g/mol. The second kappa shape index (κ2) is 43.2. The fourth-order valence-corrected chi connectivity index (χ4v) is 6.84. The van der Waals surface area contributed by atoms with Gasteiger partial charge in [0.25, 0.3) is 0 Å². The molecule has 280 valence electrons. The molecule has 0 aliphatic heterocycles. The highest BCUT2D eigenvalue weighted by Gasteiger charge is 2.03. The number of allylic oxidation sites excluding steroid dienone is 2. The molecule has 0 unspecified atom stereocenters. The molecule has 0 aliphatic carbocycles. The van der Waals surface area contributed by atoms with Crippen molar-refractivity contribution < 1.29 is 9.53 Å². The van der Waals surface area contributed by atoms with Crippen LogP contribution < -0.4 is 0 Å². The topological polar surface area (TPSA) is 26.3 Å². The van der Waals surface area contributed by atoms with Gasteiger partial charge >= 0.3 is 5.97 Å². The number of esters is 1. The third-order valence-corrected chi connectivity index (χ3v) is 10.2. The number of ether oxygens (including phenoxy) is 1.